The largest absolute Gasteiger partial charge is 0.352 e. The lowest BCUT2D eigenvalue weighted by atomic mass is 9.87. The van der Waals surface area contributed by atoms with Crippen LogP contribution in [-0.4, -0.2) is 78.4 Å². The topological polar surface area (TPSA) is 78.7 Å². The number of hydrogen-bond acceptors (Lipinski definition) is 5. The molecule has 0 bridgehead atoms. The molecule has 2 rings (SSSR count). The Balaban J connectivity index is 1.66. The number of hydrogen-bond donors (Lipinski definition) is 2. The molecular weight excluding hydrogens is 336 g/mol. The summed E-state index contributed by atoms with van der Waals surface area (Å²) in [5, 5.41) is 3.18. The summed E-state index contributed by atoms with van der Waals surface area (Å²) in [6.45, 7) is 5.55. The number of nitrogens with zero attached hydrogens (tertiary/aromatic N) is 2. The summed E-state index contributed by atoms with van der Waals surface area (Å²) in [7, 11) is 0. The maximum atomic E-state index is 12.3. The molecule has 2 aliphatic rings. The van der Waals surface area contributed by atoms with Gasteiger partial charge in [-0.15, -0.1) is 0 Å². The molecule has 0 unspecified atom stereocenters. The number of carbonyl (C=O) groups excluding carboxylic acids is 2. The number of piperazine rings is 1. The third-order valence-corrected chi connectivity index (χ3v) is 6.03. The molecule has 1 atom stereocenters. The molecule has 1 saturated heterocycles. The molecule has 1 heterocycles. The highest BCUT2D eigenvalue weighted by molar-refractivity contribution is 7.98. The first-order valence-corrected chi connectivity index (χ1v) is 10.9. The predicted molar refractivity (Wildman–Crippen MR) is 104 cm³/mol. The fraction of sp³-hybridized carbons (Fsp3) is 0.889. The van der Waals surface area contributed by atoms with Crippen molar-refractivity contribution in [1.82, 2.24) is 15.1 Å². The smallest absolute Gasteiger partial charge is 0.239 e. The molecule has 144 valence electrons. The van der Waals surface area contributed by atoms with E-state index in [9.17, 15) is 9.59 Å². The summed E-state index contributed by atoms with van der Waals surface area (Å²) in [4.78, 5) is 28.5. The van der Waals surface area contributed by atoms with Crippen LogP contribution in [0.1, 0.15) is 39.0 Å². The van der Waals surface area contributed by atoms with E-state index in [0.717, 1.165) is 44.0 Å². The summed E-state index contributed by atoms with van der Waals surface area (Å²) in [5.41, 5.74) is 5.98. The molecule has 25 heavy (non-hydrogen) atoms. The van der Waals surface area contributed by atoms with Crippen molar-refractivity contribution in [3.05, 3.63) is 0 Å². The van der Waals surface area contributed by atoms with Crippen molar-refractivity contribution in [2.45, 2.75) is 51.1 Å². The summed E-state index contributed by atoms with van der Waals surface area (Å²) in [6, 6.07) is -0.0445. The highest BCUT2D eigenvalue weighted by Gasteiger charge is 2.26. The van der Waals surface area contributed by atoms with Gasteiger partial charge in [0.1, 0.15) is 0 Å². The van der Waals surface area contributed by atoms with Gasteiger partial charge in [0.25, 0.3) is 0 Å². The highest BCUT2D eigenvalue weighted by Crippen LogP contribution is 2.23. The van der Waals surface area contributed by atoms with E-state index in [1.807, 2.05) is 11.2 Å². The fourth-order valence-electron chi connectivity index (χ4n) is 3.61. The van der Waals surface area contributed by atoms with Gasteiger partial charge >= 0.3 is 0 Å². The molecule has 6 nitrogen and oxygen atoms in total. The average molecular weight is 371 g/mol. The molecule has 2 fully saturated rings. The van der Waals surface area contributed by atoms with Gasteiger partial charge in [0.15, 0.2) is 0 Å². The second kappa shape index (κ2) is 10.4. The predicted octanol–water partition coefficient (Wildman–Crippen LogP) is 0.906. The van der Waals surface area contributed by atoms with Crippen molar-refractivity contribution in [1.29, 1.82) is 0 Å². The van der Waals surface area contributed by atoms with Gasteiger partial charge in [0.05, 0.1) is 12.6 Å². The van der Waals surface area contributed by atoms with Gasteiger partial charge in [-0.3, -0.25) is 14.5 Å². The van der Waals surface area contributed by atoms with Crippen molar-refractivity contribution >= 4 is 23.6 Å². The highest BCUT2D eigenvalue weighted by atomic mass is 32.2. The van der Waals surface area contributed by atoms with Crippen molar-refractivity contribution < 1.29 is 9.59 Å². The summed E-state index contributed by atoms with van der Waals surface area (Å²) in [5.74, 6) is 1.87. The number of nitrogens with one attached hydrogen (secondary N) is 1. The maximum absolute atomic E-state index is 12.3. The van der Waals surface area contributed by atoms with E-state index in [-0.39, 0.29) is 11.8 Å². The van der Waals surface area contributed by atoms with Crippen LogP contribution in [0.5, 0.6) is 0 Å². The average Bonchev–Trinajstić information content (AvgIpc) is 2.61. The third-order valence-electron chi connectivity index (χ3n) is 5.38. The van der Waals surface area contributed by atoms with Crippen molar-refractivity contribution in [2.75, 3.05) is 44.7 Å². The Hall–Kier alpha value is -0.790. The van der Waals surface area contributed by atoms with E-state index in [1.54, 1.807) is 11.8 Å². The fourth-order valence-corrected chi connectivity index (χ4v) is 4.10. The quantitative estimate of drug-likeness (QED) is 0.696. The van der Waals surface area contributed by atoms with Crippen molar-refractivity contribution in [3.8, 4) is 0 Å². The molecule has 2 amide bonds. The minimum Gasteiger partial charge on any atom is -0.352 e. The zero-order valence-electron chi connectivity index (χ0n) is 15.7. The van der Waals surface area contributed by atoms with Crippen molar-refractivity contribution in [2.24, 2.45) is 11.7 Å². The Bertz CT molecular complexity index is 433. The molecule has 0 radical (unpaired) electrons. The molecule has 0 aromatic carbocycles. The SMILES string of the molecule is CSCC[C@H](N)C(=O)N1CCN(CC(=O)NC2CCC(C)CC2)CC1. The monoisotopic (exact) mass is 370 g/mol. The molecule has 7 heteroatoms. The Labute approximate surface area is 156 Å². The molecule has 3 N–H and O–H groups in total. The van der Waals surface area contributed by atoms with E-state index in [2.05, 4.69) is 17.1 Å². The summed E-state index contributed by atoms with van der Waals surface area (Å²) < 4.78 is 0. The van der Waals surface area contributed by atoms with Crippen LogP contribution in [0.25, 0.3) is 0 Å². The molecule has 1 aliphatic carbocycles. The van der Waals surface area contributed by atoms with E-state index in [4.69, 9.17) is 5.73 Å². The second-order valence-corrected chi connectivity index (χ2v) is 8.50. The minimum absolute atomic E-state index is 0.0504. The van der Waals surface area contributed by atoms with Crippen LogP contribution in [-0.2, 0) is 9.59 Å². The Kier molecular flexibility index (Phi) is 8.52. The van der Waals surface area contributed by atoms with Crippen LogP contribution in [0.15, 0.2) is 0 Å². The first-order valence-electron chi connectivity index (χ1n) is 9.54. The minimum atomic E-state index is -0.393. The Morgan fingerprint density at radius 3 is 2.40 bits per heavy atom. The number of nitrogens with two attached hydrogens (primary N) is 1. The third kappa shape index (κ3) is 6.79. The van der Waals surface area contributed by atoms with Gasteiger partial charge in [-0.2, -0.15) is 11.8 Å². The van der Waals surface area contributed by atoms with Gasteiger partial charge in [0.2, 0.25) is 11.8 Å². The van der Waals surface area contributed by atoms with E-state index in [1.165, 1.54) is 12.8 Å². The lowest BCUT2D eigenvalue weighted by Crippen LogP contribution is -2.55. The van der Waals surface area contributed by atoms with Crippen LogP contribution in [0.4, 0.5) is 0 Å². The van der Waals surface area contributed by atoms with Gasteiger partial charge in [-0.1, -0.05) is 6.92 Å². The molecular formula is C18H34N4O2S. The van der Waals surface area contributed by atoms with Crippen molar-refractivity contribution in [3.63, 3.8) is 0 Å². The number of carbonyl (C=O) groups is 2. The molecule has 1 aliphatic heterocycles. The van der Waals surface area contributed by atoms with Gasteiger partial charge in [-0.25, -0.2) is 0 Å². The lowest BCUT2D eigenvalue weighted by Gasteiger charge is -2.36. The van der Waals surface area contributed by atoms with Gasteiger partial charge < -0.3 is 16.0 Å². The van der Waals surface area contributed by atoms with E-state index < -0.39 is 6.04 Å². The lowest BCUT2D eigenvalue weighted by molar-refractivity contribution is -0.134. The summed E-state index contributed by atoms with van der Waals surface area (Å²) in [6.07, 6.45) is 7.37. The normalized spacial score (nSPS) is 26.3. The maximum Gasteiger partial charge on any atom is 0.239 e. The zero-order valence-corrected chi connectivity index (χ0v) is 16.5. The number of thioether (sulfide) groups is 1. The Morgan fingerprint density at radius 1 is 1.16 bits per heavy atom. The number of amides is 2. The standard InChI is InChI=1S/C18H34N4O2S/c1-14-3-5-15(6-4-14)20-17(23)13-21-8-10-22(11-9-21)18(24)16(19)7-12-25-2/h14-16H,3-13,19H2,1-2H3,(H,20,23)/t14?,15?,16-/m0/s1. The summed E-state index contributed by atoms with van der Waals surface area (Å²) >= 11 is 1.71. The molecule has 0 aromatic rings. The first-order chi connectivity index (χ1) is 12.0. The molecule has 1 saturated carbocycles. The van der Waals surface area contributed by atoms with Gasteiger partial charge in [-0.05, 0) is 50.0 Å². The zero-order chi connectivity index (χ0) is 18.2. The van der Waals surface area contributed by atoms with E-state index in [0.29, 0.717) is 25.7 Å². The second-order valence-electron chi connectivity index (χ2n) is 7.51. The first kappa shape index (κ1) is 20.5. The van der Waals surface area contributed by atoms with Gasteiger partial charge in [0, 0.05) is 32.2 Å². The molecule has 0 spiro atoms. The van der Waals surface area contributed by atoms with Crippen LogP contribution < -0.4 is 11.1 Å². The Morgan fingerprint density at radius 2 is 1.80 bits per heavy atom. The van der Waals surface area contributed by atoms with Crippen LogP contribution in [0.3, 0.4) is 0 Å². The molecule has 0 aromatic heterocycles. The van der Waals surface area contributed by atoms with Crippen LogP contribution >= 0.6 is 11.8 Å². The van der Waals surface area contributed by atoms with E-state index >= 15 is 0 Å². The number of rotatable bonds is 7. The van der Waals surface area contributed by atoms with Crippen LogP contribution in [0, 0.1) is 5.92 Å². The van der Waals surface area contributed by atoms with Crippen LogP contribution in [0.2, 0.25) is 0 Å².